The average Bonchev–Trinajstić information content (AvgIpc) is 2.37. The second-order valence-electron chi connectivity index (χ2n) is 4.02. The van der Waals surface area contributed by atoms with Gasteiger partial charge in [0.05, 0.1) is 11.9 Å². The molecule has 0 atom stereocenters. The zero-order chi connectivity index (χ0) is 12.3. The highest BCUT2D eigenvalue weighted by atomic mass is 35.5. The Bertz CT molecular complexity index is 441. The summed E-state index contributed by atoms with van der Waals surface area (Å²) in [5.74, 6) is 0. The van der Waals surface area contributed by atoms with E-state index >= 15 is 0 Å². The third kappa shape index (κ3) is 2.79. The first-order valence-corrected chi connectivity index (χ1v) is 6.20. The van der Waals surface area contributed by atoms with Crippen molar-refractivity contribution in [1.29, 1.82) is 0 Å². The fourth-order valence-corrected chi connectivity index (χ4v) is 2.05. The second-order valence-corrected chi connectivity index (χ2v) is 4.40. The van der Waals surface area contributed by atoms with Gasteiger partial charge in [-0.05, 0) is 19.8 Å². The monoisotopic (exact) mass is 257 g/mol. The number of ether oxygens (including phenoxy) is 1. The highest BCUT2D eigenvalue weighted by Gasteiger charge is 2.16. The van der Waals surface area contributed by atoms with E-state index in [4.69, 9.17) is 16.3 Å². The van der Waals surface area contributed by atoms with Crippen molar-refractivity contribution in [3.05, 3.63) is 21.6 Å². The van der Waals surface area contributed by atoms with Crippen molar-refractivity contribution in [3.63, 3.8) is 0 Å². The molecule has 1 N–H and O–H groups in total. The van der Waals surface area contributed by atoms with Crippen LogP contribution < -0.4 is 10.9 Å². The number of hydrogen-bond acceptors (Lipinski definition) is 4. The van der Waals surface area contributed by atoms with E-state index in [-0.39, 0.29) is 10.6 Å². The lowest BCUT2D eigenvalue weighted by Crippen LogP contribution is -2.30. The first-order chi connectivity index (χ1) is 8.22. The molecular weight excluding hydrogens is 242 g/mol. The van der Waals surface area contributed by atoms with Crippen molar-refractivity contribution < 1.29 is 4.74 Å². The van der Waals surface area contributed by atoms with E-state index in [1.807, 2.05) is 6.92 Å². The molecule has 1 fully saturated rings. The third-order valence-corrected chi connectivity index (χ3v) is 3.23. The lowest BCUT2D eigenvalue weighted by atomic mass is 10.1. The van der Waals surface area contributed by atoms with Crippen molar-refractivity contribution in [3.8, 4) is 0 Å². The summed E-state index contributed by atoms with van der Waals surface area (Å²) in [6.45, 7) is 3.87. The highest BCUT2D eigenvalue weighted by molar-refractivity contribution is 6.32. The molecule has 1 aliphatic heterocycles. The molecule has 6 heteroatoms. The Kier molecular flexibility index (Phi) is 4.02. The number of nitrogens with one attached hydrogen (secondary N) is 1. The minimum Gasteiger partial charge on any atom is -0.381 e. The lowest BCUT2D eigenvalue weighted by Gasteiger charge is -2.24. The van der Waals surface area contributed by atoms with Crippen molar-refractivity contribution >= 4 is 17.3 Å². The molecular formula is C11H16ClN3O2. The zero-order valence-corrected chi connectivity index (χ0v) is 10.5. The highest BCUT2D eigenvalue weighted by Crippen LogP contribution is 2.19. The molecule has 0 amide bonds. The summed E-state index contributed by atoms with van der Waals surface area (Å²) in [5.41, 5.74) is 0.375. The van der Waals surface area contributed by atoms with Crippen LogP contribution in [-0.4, -0.2) is 29.0 Å². The normalized spacial score (nSPS) is 17.1. The third-order valence-electron chi connectivity index (χ3n) is 2.87. The van der Waals surface area contributed by atoms with Crippen LogP contribution in [0.15, 0.2) is 11.0 Å². The molecule has 5 nitrogen and oxygen atoms in total. The van der Waals surface area contributed by atoms with Gasteiger partial charge in [-0.2, -0.15) is 5.10 Å². The van der Waals surface area contributed by atoms with Gasteiger partial charge in [-0.15, -0.1) is 0 Å². The molecule has 0 spiro atoms. The summed E-state index contributed by atoms with van der Waals surface area (Å²) in [5, 5.41) is 7.52. The number of aryl methyl sites for hydroxylation is 1. The molecule has 0 aliphatic carbocycles. The summed E-state index contributed by atoms with van der Waals surface area (Å²) in [4.78, 5) is 11.8. The van der Waals surface area contributed by atoms with Gasteiger partial charge in [-0.3, -0.25) is 4.79 Å². The zero-order valence-electron chi connectivity index (χ0n) is 9.78. The molecule has 0 aromatic carbocycles. The number of aromatic nitrogens is 2. The maximum Gasteiger partial charge on any atom is 0.287 e. The minimum absolute atomic E-state index is 0.216. The molecule has 1 aromatic rings. The molecule has 1 aliphatic rings. The number of rotatable bonds is 3. The summed E-state index contributed by atoms with van der Waals surface area (Å²) in [6.07, 6.45) is 3.46. The number of hydrogen-bond donors (Lipinski definition) is 1. The summed E-state index contributed by atoms with van der Waals surface area (Å²) >= 11 is 6.03. The van der Waals surface area contributed by atoms with Gasteiger partial charge in [0, 0.05) is 25.8 Å². The Balaban J connectivity index is 2.15. The van der Waals surface area contributed by atoms with Crippen LogP contribution in [0, 0.1) is 0 Å². The quantitative estimate of drug-likeness (QED) is 0.892. The molecule has 0 bridgehead atoms. The smallest absolute Gasteiger partial charge is 0.287 e. The van der Waals surface area contributed by atoms with Gasteiger partial charge in [-0.1, -0.05) is 11.6 Å². The molecule has 0 saturated carbocycles. The Morgan fingerprint density at radius 1 is 1.59 bits per heavy atom. The molecule has 17 heavy (non-hydrogen) atoms. The van der Waals surface area contributed by atoms with Crippen LogP contribution in [0.3, 0.4) is 0 Å². The van der Waals surface area contributed by atoms with Crippen LogP contribution in [0.25, 0.3) is 0 Å². The summed E-state index contributed by atoms with van der Waals surface area (Å²) in [7, 11) is 0. The summed E-state index contributed by atoms with van der Waals surface area (Å²) < 4.78 is 6.62. The van der Waals surface area contributed by atoms with Crippen LogP contribution in [0.1, 0.15) is 19.8 Å². The van der Waals surface area contributed by atoms with Gasteiger partial charge >= 0.3 is 0 Å². The largest absolute Gasteiger partial charge is 0.381 e. The SMILES string of the molecule is CCn1ncc(NC2CCOCC2)c(Cl)c1=O. The summed E-state index contributed by atoms with van der Waals surface area (Å²) in [6, 6.07) is 0.305. The van der Waals surface area contributed by atoms with Crippen LogP contribution in [0.5, 0.6) is 0 Å². The Hall–Kier alpha value is -1.07. The lowest BCUT2D eigenvalue weighted by molar-refractivity contribution is 0.0904. The molecule has 0 radical (unpaired) electrons. The fourth-order valence-electron chi connectivity index (χ4n) is 1.85. The van der Waals surface area contributed by atoms with Gasteiger partial charge < -0.3 is 10.1 Å². The molecule has 94 valence electrons. The van der Waals surface area contributed by atoms with Crippen molar-refractivity contribution in [2.45, 2.75) is 32.4 Å². The number of halogens is 1. The predicted molar refractivity (Wildman–Crippen MR) is 66.6 cm³/mol. The standard InChI is InChI=1S/C11H16ClN3O2/c1-2-15-11(16)10(12)9(7-13-15)14-8-3-5-17-6-4-8/h7-8,14H,2-6H2,1H3. The maximum absolute atomic E-state index is 11.8. The first kappa shape index (κ1) is 12.4. The van der Waals surface area contributed by atoms with E-state index in [0.29, 0.717) is 18.3 Å². The Morgan fingerprint density at radius 3 is 2.94 bits per heavy atom. The van der Waals surface area contributed by atoms with Gasteiger partial charge in [0.15, 0.2) is 0 Å². The number of nitrogens with zero attached hydrogens (tertiary/aromatic N) is 2. The second kappa shape index (κ2) is 5.51. The van der Waals surface area contributed by atoms with Crippen LogP contribution in [-0.2, 0) is 11.3 Å². The molecule has 1 aromatic heterocycles. The van der Waals surface area contributed by atoms with Crippen molar-refractivity contribution in [2.24, 2.45) is 0 Å². The predicted octanol–water partition coefficient (Wildman–Crippen LogP) is 1.51. The minimum atomic E-state index is -0.244. The van der Waals surface area contributed by atoms with E-state index in [1.165, 1.54) is 4.68 Å². The van der Waals surface area contributed by atoms with Crippen LogP contribution >= 0.6 is 11.6 Å². The van der Waals surface area contributed by atoms with Gasteiger partial charge in [-0.25, -0.2) is 4.68 Å². The van der Waals surface area contributed by atoms with Gasteiger partial charge in [0.2, 0.25) is 0 Å². The van der Waals surface area contributed by atoms with E-state index < -0.39 is 0 Å². The molecule has 2 heterocycles. The first-order valence-electron chi connectivity index (χ1n) is 5.82. The van der Waals surface area contributed by atoms with Gasteiger partial charge in [0.25, 0.3) is 5.56 Å². The average molecular weight is 258 g/mol. The van der Waals surface area contributed by atoms with Gasteiger partial charge in [0.1, 0.15) is 5.02 Å². The molecule has 2 rings (SSSR count). The number of anilines is 1. The van der Waals surface area contributed by atoms with Crippen LogP contribution in [0.4, 0.5) is 5.69 Å². The molecule has 0 unspecified atom stereocenters. The fraction of sp³-hybridized carbons (Fsp3) is 0.636. The van der Waals surface area contributed by atoms with E-state index in [9.17, 15) is 4.79 Å². The Labute approximate surface area is 105 Å². The molecule has 1 saturated heterocycles. The maximum atomic E-state index is 11.8. The topological polar surface area (TPSA) is 56.1 Å². The Morgan fingerprint density at radius 2 is 2.29 bits per heavy atom. The van der Waals surface area contributed by atoms with E-state index in [2.05, 4.69) is 10.4 Å². The van der Waals surface area contributed by atoms with Crippen molar-refractivity contribution in [1.82, 2.24) is 9.78 Å². The van der Waals surface area contributed by atoms with Crippen LogP contribution in [0.2, 0.25) is 5.02 Å². The van der Waals surface area contributed by atoms with E-state index in [0.717, 1.165) is 26.1 Å². The van der Waals surface area contributed by atoms with E-state index in [1.54, 1.807) is 6.20 Å². The van der Waals surface area contributed by atoms with Crippen molar-refractivity contribution in [2.75, 3.05) is 18.5 Å².